The Bertz CT molecular complexity index is 329. The molecule has 0 atom stereocenters. The third-order valence-corrected chi connectivity index (χ3v) is 2.56. The molecule has 2 heteroatoms. The van der Waals surface area contributed by atoms with Crippen molar-refractivity contribution in [3.63, 3.8) is 0 Å². The molecular formula is C12H16OSi. The molecule has 0 saturated heterocycles. The molecule has 0 aromatic heterocycles. The molecule has 0 N–H and O–H groups in total. The zero-order valence-corrected chi connectivity index (χ0v) is 9.95. The zero-order chi connectivity index (χ0) is 10.4. The minimum atomic E-state index is -1.14. The summed E-state index contributed by atoms with van der Waals surface area (Å²) < 4.78 is 5.36. The van der Waals surface area contributed by atoms with E-state index in [0.29, 0.717) is 0 Å². The van der Waals surface area contributed by atoms with Crippen LogP contribution in [0.25, 0.3) is 0 Å². The van der Waals surface area contributed by atoms with Gasteiger partial charge < -0.3 is 4.74 Å². The Morgan fingerprint density at radius 3 is 2.36 bits per heavy atom. The smallest absolute Gasteiger partial charge is 0.132 e. The highest BCUT2D eigenvalue weighted by atomic mass is 28.3. The molecule has 1 nitrogen and oxygen atoms in total. The first-order chi connectivity index (χ1) is 6.58. The Morgan fingerprint density at radius 2 is 1.79 bits per heavy atom. The molecule has 0 unspecified atom stereocenters. The van der Waals surface area contributed by atoms with Crippen LogP contribution in [0, 0.1) is 0 Å². The average Bonchev–Trinajstić information content (AvgIpc) is 2.13. The Morgan fingerprint density at radius 1 is 1.14 bits per heavy atom. The molecule has 1 aromatic rings. The van der Waals surface area contributed by atoms with Crippen molar-refractivity contribution in [2.24, 2.45) is 0 Å². The number of hydrogen-bond donors (Lipinski definition) is 0. The van der Waals surface area contributed by atoms with Crippen LogP contribution in [0.3, 0.4) is 0 Å². The number of para-hydroxylation sites is 1. The third-order valence-electron chi connectivity index (χ3n) is 1.52. The van der Waals surface area contributed by atoms with E-state index in [-0.39, 0.29) is 0 Å². The molecule has 0 spiro atoms. The molecule has 0 aliphatic carbocycles. The first kappa shape index (κ1) is 10.8. The van der Waals surface area contributed by atoms with E-state index < -0.39 is 8.07 Å². The van der Waals surface area contributed by atoms with Crippen LogP contribution in [0.1, 0.15) is 0 Å². The molecule has 1 rings (SSSR count). The second-order valence-corrected chi connectivity index (χ2v) is 9.25. The van der Waals surface area contributed by atoms with Gasteiger partial charge in [-0.15, -0.1) is 0 Å². The van der Waals surface area contributed by atoms with Crippen LogP contribution in [0.15, 0.2) is 48.0 Å². The maximum Gasteiger partial charge on any atom is 0.132 e. The van der Waals surface area contributed by atoms with Crippen LogP contribution < -0.4 is 4.74 Å². The molecule has 0 saturated carbocycles. The first-order valence-corrected chi connectivity index (χ1v) is 8.29. The molecule has 0 radical (unpaired) electrons. The fourth-order valence-corrected chi connectivity index (χ4v) is 1.45. The largest absolute Gasteiger partial charge is 0.457 e. The van der Waals surface area contributed by atoms with E-state index in [1.165, 1.54) is 0 Å². The summed E-state index contributed by atoms with van der Waals surface area (Å²) in [6, 6.07) is 9.71. The first-order valence-electron chi connectivity index (χ1n) is 4.72. The molecule has 74 valence electrons. The van der Waals surface area contributed by atoms with Gasteiger partial charge in [-0.1, -0.05) is 49.3 Å². The van der Waals surface area contributed by atoms with Gasteiger partial charge in [0.15, 0.2) is 0 Å². The van der Waals surface area contributed by atoms with Crippen LogP contribution >= 0.6 is 0 Å². The molecule has 0 amide bonds. The highest BCUT2D eigenvalue weighted by Crippen LogP contribution is 2.08. The minimum absolute atomic E-state index is 0.851. The van der Waals surface area contributed by atoms with Crippen molar-refractivity contribution in [1.82, 2.24) is 0 Å². The normalized spacial score (nSPS) is 10.2. The van der Waals surface area contributed by atoms with Gasteiger partial charge in [-0.2, -0.15) is 0 Å². The van der Waals surface area contributed by atoms with Gasteiger partial charge in [-0.05, 0) is 12.1 Å². The van der Waals surface area contributed by atoms with E-state index in [0.717, 1.165) is 5.75 Å². The summed E-state index contributed by atoms with van der Waals surface area (Å²) in [5.41, 5.74) is 5.18. The van der Waals surface area contributed by atoms with Crippen molar-refractivity contribution in [3.8, 4) is 5.75 Å². The minimum Gasteiger partial charge on any atom is -0.457 e. The second-order valence-electron chi connectivity index (χ2n) is 4.23. The van der Waals surface area contributed by atoms with E-state index in [9.17, 15) is 0 Å². The SMILES string of the molecule is C[Si](C)(C)C=C=COc1ccccc1. The van der Waals surface area contributed by atoms with Crippen LogP contribution in [0.5, 0.6) is 5.75 Å². The average molecular weight is 204 g/mol. The Hall–Kier alpha value is -1.24. The van der Waals surface area contributed by atoms with Gasteiger partial charge in [0, 0.05) is 0 Å². The van der Waals surface area contributed by atoms with Gasteiger partial charge in [0.2, 0.25) is 0 Å². The van der Waals surface area contributed by atoms with Gasteiger partial charge >= 0.3 is 0 Å². The van der Waals surface area contributed by atoms with Gasteiger partial charge in [0.25, 0.3) is 0 Å². The molecule has 0 aliphatic heterocycles. The number of ether oxygens (including phenoxy) is 1. The molecule has 0 bridgehead atoms. The Labute approximate surface area is 86.7 Å². The summed E-state index contributed by atoms with van der Waals surface area (Å²) in [4.78, 5) is 0. The highest BCUT2D eigenvalue weighted by molar-refractivity contribution is 6.80. The van der Waals surface area contributed by atoms with Crippen molar-refractivity contribution < 1.29 is 4.74 Å². The Kier molecular flexibility index (Phi) is 3.75. The highest BCUT2D eigenvalue weighted by Gasteiger charge is 2.05. The third kappa shape index (κ3) is 4.70. The maximum atomic E-state index is 5.36. The summed E-state index contributed by atoms with van der Waals surface area (Å²) in [5.74, 6) is 0.851. The zero-order valence-electron chi connectivity index (χ0n) is 8.95. The van der Waals surface area contributed by atoms with E-state index in [2.05, 4.69) is 31.1 Å². The lowest BCUT2D eigenvalue weighted by atomic mass is 10.3. The topological polar surface area (TPSA) is 9.23 Å². The van der Waals surface area contributed by atoms with E-state index >= 15 is 0 Å². The summed E-state index contributed by atoms with van der Waals surface area (Å²) in [6.45, 7) is 6.78. The molecule has 0 aliphatic rings. The van der Waals surface area contributed by atoms with E-state index in [1.54, 1.807) is 6.26 Å². The predicted molar refractivity (Wildman–Crippen MR) is 63.1 cm³/mol. The molecule has 1 aromatic carbocycles. The lowest BCUT2D eigenvalue weighted by molar-refractivity contribution is 0.482. The molecule has 0 heterocycles. The van der Waals surface area contributed by atoms with Crippen LogP contribution in [-0.4, -0.2) is 8.07 Å². The van der Waals surface area contributed by atoms with Crippen molar-refractivity contribution in [1.29, 1.82) is 0 Å². The summed E-state index contributed by atoms with van der Waals surface area (Å²) in [6.07, 6.45) is 1.62. The van der Waals surface area contributed by atoms with Crippen LogP contribution in [-0.2, 0) is 0 Å². The summed E-state index contributed by atoms with van der Waals surface area (Å²) in [7, 11) is -1.14. The number of rotatable bonds is 3. The fraction of sp³-hybridized carbons (Fsp3) is 0.250. The van der Waals surface area contributed by atoms with Gasteiger partial charge in [0.1, 0.15) is 12.0 Å². The van der Waals surface area contributed by atoms with Gasteiger partial charge in [0.05, 0.1) is 8.07 Å². The molecule has 14 heavy (non-hydrogen) atoms. The summed E-state index contributed by atoms with van der Waals surface area (Å²) in [5, 5.41) is 0. The van der Waals surface area contributed by atoms with Crippen LogP contribution in [0.4, 0.5) is 0 Å². The van der Waals surface area contributed by atoms with Crippen molar-refractivity contribution in [2.45, 2.75) is 19.6 Å². The second kappa shape index (κ2) is 4.84. The predicted octanol–water partition coefficient (Wildman–Crippen LogP) is 3.61. The maximum absolute atomic E-state index is 5.36. The molecule has 0 fully saturated rings. The lowest BCUT2D eigenvalue weighted by Gasteiger charge is -2.04. The van der Waals surface area contributed by atoms with E-state index in [4.69, 9.17) is 4.74 Å². The van der Waals surface area contributed by atoms with Crippen molar-refractivity contribution >= 4 is 8.07 Å². The van der Waals surface area contributed by atoms with Crippen molar-refractivity contribution in [2.75, 3.05) is 0 Å². The summed E-state index contributed by atoms with van der Waals surface area (Å²) >= 11 is 0. The van der Waals surface area contributed by atoms with Crippen LogP contribution in [0.2, 0.25) is 19.6 Å². The van der Waals surface area contributed by atoms with Crippen molar-refractivity contribution in [3.05, 3.63) is 48.0 Å². The van der Waals surface area contributed by atoms with E-state index in [1.807, 2.05) is 30.3 Å². The Balaban J connectivity index is 2.53. The van der Waals surface area contributed by atoms with Gasteiger partial charge in [-0.25, -0.2) is 0 Å². The standard InChI is InChI=1S/C12H16OSi/c1-14(2,3)11-7-10-13-12-8-5-4-6-9-12/h4-6,8-11H,1-3H3. The molecular weight excluding hydrogens is 188 g/mol. The fourth-order valence-electron chi connectivity index (χ4n) is 0.885. The number of benzene rings is 1. The monoisotopic (exact) mass is 204 g/mol. The lowest BCUT2D eigenvalue weighted by Crippen LogP contribution is -2.14. The quantitative estimate of drug-likeness (QED) is 0.415. The van der Waals surface area contributed by atoms with Gasteiger partial charge in [-0.3, -0.25) is 0 Å². The number of hydrogen-bond acceptors (Lipinski definition) is 1.